The smallest absolute Gasteiger partial charge is 0.260 e. The second-order valence-electron chi connectivity index (χ2n) is 8.88. The van der Waals surface area contributed by atoms with Crippen molar-refractivity contribution < 1.29 is 9.53 Å². The van der Waals surface area contributed by atoms with Crippen LogP contribution in [0.1, 0.15) is 57.1 Å². The average molecular weight is 402 g/mol. The number of carbonyl (C=O) groups is 1. The molecule has 1 aliphatic heterocycles. The summed E-state index contributed by atoms with van der Waals surface area (Å²) in [5.41, 5.74) is 2.40. The molecule has 1 atom stereocenters. The lowest BCUT2D eigenvalue weighted by molar-refractivity contribution is -0.128. The van der Waals surface area contributed by atoms with Crippen molar-refractivity contribution in [1.82, 2.24) is 15.1 Å². The molecule has 2 fully saturated rings. The van der Waals surface area contributed by atoms with Crippen LogP contribution in [-0.4, -0.2) is 66.6 Å². The lowest BCUT2D eigenvalue weighted by Crippen LogP contribution is -2.62. The third-order valence-corrected chi connectivity index (χ3v) is 7.09. The molecular formula is C24H39N3O2. The van der Waals surface area contributed by atoms with Gasteiger partial charge in [0.2, 0.25) is 0 Å². The largest absolute Gasteiger partial charge is 0.481 e. The normalized spacial score (nSPS) is 21.5. The first-order valence-corrected chi connectivity index (χ1v) is 11.4. The quantitative estimate of drug-likeness (QED) is 0.759. The van der Waals surface area contributed by atoms with Gasteiger partial charge in [-0.3, -0.25) is 9.69 Å². The second kappa shape index (κ2) is 9.94. The highest BCUT2D eigenvalue weighted by atomic mass is 16.5. The van der Waals surface area contributed by atoms with Crippen LogP contribution in [0.4, 0.5) is 0 Å². The number of ether oxygens (including phenoxy) is 1. The Morgan fingerprint density at radius 2 is 1.83 bits per heavy atom. The minimum Gasteiger partial charge on any atom is -0.481 e. The maximum Gasteiger partial charge on any atom is 0.260 e. The van der Waals surface area contributed by atoms with E-state index in [1.165, 1.54) is 37.7 Å². The van der Waals surface area contributed by atoms with Gasteiger partial charge < -0.3 is 15.0 Å². The fourth-order valence-electron chi connectivity index (χ4n) is 4.84. The Hall–Kier alpha value is -1.59. The summed E-state index contributed by atoms with van der Waals surface area (Å²) >= 11 is 0. The number of piperazine rings is 1. The summed E-state index contributed by atoms with van der Waals surface area (Å²) in [6.07, 6.45) is 5.72. The average Bonchev–Trinajstić information content (AvgIpc) is 2.76. The number of aryl methyl sites for hydroxylation is 1. The Kier molecular flexibility index (Phi) is 7.58. The minimum atomic E-state index is -0.493. The summed E-state index contributed by atoms with van der Waals surface area (Å²) in [5.74, 6) is 0.791. The summed E-state index contributed by atoms with van der Waals surface area (Å²) in [6, 6.07) is 6.00. The van der Waals surface area contributed by atoms with Gasteiger partial charge in [0.15, 0.2) is 6.10 Å². The van der Waals surface area contributed by atoms with Crippen LogP contribution in [0, 0.1) is 13.8 Å². The van der Waals surface area contributed by atoms with Gasteiger partial charge in [-0.2, -0.15) is 0 Å². The Morgan fingerprint density at radius 3 is 2.48 bits per heavy atom. The van der Waals surface area contributed by atoms with Crippen molar-refractivity contribution in [3.63, 3.8) is 0 Å². The number of nitrogens with one attached hydrogen (secondary N) is 1. The standard InChI is InChI=1S/C24H39N3O2/c1-5-26-14-16-27(17-15-26)24(12-7-6-8-13-24)18-25-23(28)21(4)29-22-11-9-10-19(2)20(22)3/h9-11,21H,5-8,12-18H2,1-4H3,(H,25,28)/t21-/m1/s1. The third kappa shape index (κ3) is 5.32. The zero-order chi connectivity index (χ0) is 20.9. The van der Waals surface area contributed by atoms with Crippen molar-refractivity contribution in [3.8, 4) is 5.75 Å². The van der Waals surface area contributed by atoms with Crippen molar-refractivity contribution in [2.75, 3.05) is 39.3 Å². The summed E-state index contributed by atoms with van der Waals surface area (Å²) in [6.45, 7) is 14.6. The molecule has 1 aromatic rings. The monoisotopic (exact) mass is 401 g/mol. The fourth-order valence-corrected chi connectivity index (χ4v) is 4.84. The lowest BCUT2D eigenvalue weighted by atomic mass is 9.79. The third-order valence-electron chi connectivity index (χ3n) is 7.09. The van der Waals surface area contributed by atoms with E-state index in [9.17, 15) is 4.79 Å². The van der Waals surface area contributed by atoms with Crippen molar-refractivity contribution in [3.05, 3.63) is 29.3 Å². The lowest BCUT2D eigenvalue weighted by Gasteiger charge is -2.50. The Bertz CT molecular complexity index is 677. The SMILES string of the molecule is CCN1CCN(C2(CNC(=O)[C@@H](C)Oc3cccc(C)c3C)CCCCC2)CC1. The predicted molar refractivity (Wildman–Crippen MR) is 119 cm³/mol. The molecule has 5 nitrogen and oxygen atoms in total. The summed E-state index contributed by atoms with van der Waals surface area (Å²) in [4.78, 5) is 18.0. The zero-order valence-electron chi connectivity index (χ0n) is 18.8. The summed E-state index contributed by atoms with van der Waals surface area (Å²) in [7, 11) is 0. The Morgan fingerprint density at radius 1 is 1.14 bits per heavy atom. The van der Waals surface area contributed by atoms with Gasteiger partial charge in [0, 0.05) is 38.3 Å². The van der Waals surface area contributed by atoms with Gasteiger partial charge in [-0.15, -0.1) is 0 Å². The first kappa shape index (κ1) is 22.1. The topological polar surface area (TPSA) is 44.8 Å². The molecule has 2 aliphatic rings. The molecule has 0 aromatic heterocycles. The number of hydrogen-bond donors (Lipinski definition) is 1. The van der Waals surface area contributed by atoms with E-state index < -0.39 is 6.10 Å². The molecule has 3 rings (SSSR count). The fraction of sp³-hybridized carbons (Fsp3) is 0.708. The van der Waals surface area contributed by atoms with Crippen LogP contribution >= 0.6 is 0 Å². The van der Waals surface area contributed by atoms with Gasteiger partial charge >= 0.3 is 0 Å². The van der Waals surface area contributed by atoms with Gasteiger partial charge in [0.1, 0.15) is 5.75 Å². The molecular weight excluding hydrogens is 362 g/mol. The van der Waals surface area contributed by atoms with E-state index in [0.717, 1.165) is 50.6 Å². The molecule has 1 heterocycles. The van der Waals surface area contributed by atoms with Crippen LogP contribution in [0.25, 0.3) is 0 Å². The number of benzene rings is 1. The molecule has 162 valence electrons. The first-order valence-electron chi connectivity index (χ1n) is 11.4. The molecule has 0 unspecified atom stereocenters. The Balaban J connectivity index is 1.60. The van der Waals surface area contributed by atoms with E-state index >= 15 is 0 Å². The number of hydrogen-bond acceptors (Lipinski definition) is 4. The van der Waals surface area contributed by atoms with Crippen LogP contribution in [0.5, 0.6) is 5.75 Å². The van der Waals surface area contributed by atoms with E-state index in [2.05, 4.69) is 35.0 Å². The maximum atomic E-state index is 12.8. The molecule has 0 radical (unpaired) electrons. The number of rotatable bonds is 7. The first-order chi connectivity index (χ1) is 13.9. The highest BCUT2D eigenvalue weighted by molar-refractivity contribution is 5.80. The van der Waals surface area contributed by atoms with Crippen LogP contribution < -0.4 is 10.1 Å². The van der Waals surface area contributed by atoms with E-state index in [-0.39, 0.29) is 11.4 Å². The minimum absolute atomic E-state index is 0.0111. The van der Waals surface area contributed by atoms with Crippen molar-refractivity contribution in [1.29, 1.82) is 0 Å². The summed E-state index contributed by atoms with van der Waals surface area (Å²) < 4.78 is 6.00. The van der Waals surface area contributed by atoms with Crippen molar-refractivity contribution >= 4 is 5.91 Å². The van der Waals surface area contributed by atoms with Crippen LogP contribution in [-0.2, 0) is 4.79 Å². The number of nitrogens with zero attached hydrogens (tertiary/aromatic N) is 2. The van der Waals surface area contributed by atoms with Gasteiger partial charge in [0.05, 0.1) is 0 Å². The number of carbonyl (C=O) groups excluding carboxylic acids is 1. The maximum absolute atomic E-state index is 12.8. The van der Waals surface area contributed by atoms with E-state index in [0.29, 0.717) is 0 Å². The van der Waals surface area contributed by atoms with Gasteiger partial charge in [-0.1, -0.05) is 38.3 Å². The molecule has 0 bridgehead atoms. The van der Waals surface area contributed by atoms with Gasteiger partial charge in [-0.25, -0.2) is 0 Å². The van der Waals surface area contributed by atoms with Gasteiger partial charge in [0.25, 0.3) is 5.91 Å². The molecule has 1 aliphatic carbocycles. The van der Waals surface area contributed by atoms with Crippen LogP contribution in [0.3, 0.4) is 0 Å². The number of amides is 1. The highest BCUT2D eigenvalue weighted by Crippen LogP contribution is 2.34. The molecule has 5 heteroatoms. The molecule has 1 saturated carbocycles. The number of likely N-dealkylation sites (N-methyl/N-ethyl adjacent to an activating group) is 1. The molecule has 1 N–H and O–H groups in total. The van der Waals surface area contributed by atoms with Crippen LogP contribution in [0.2, 0.25) is 0 Å². The van der Waals surface area contributed by atoms with E-state index in [1.54, 1.807) is 0 Å². The van der Waals surface area contributed by atoms with Crippen LogP contribution in [0.15, 0.2) is 18.2 Å². The molecule has 29 heavy (non-hydrogen) atoms. The van der Waals surface area contributed by atoms with E-state index in [1.807, 2.05) is 26.0 Å². The summed E-state index contributed by atoms with van der Waals surface area (Å²) in [5, 5.41) is 3.25. The van der Waals surface area contributed by atoms with Gasteiger partial charge in [-0.05, 0) is 57.4 Å². The van der Waals surface area contributed by atoms with E-state index in [4.69, 9.17) is 4.74 Å². The highest BCUT2D eigenvalue weighted by Gasteiger charge is 2.39. The molecule has 0 spiro atoms. The second-order valence-corrected chi connectivity index (χ2v) is 8.88. The predicted octanol–water partition coefficient (Wildman–Crippen LogP) is 3.53. The van der Waals surface area contributed by atoms with Crippen molar-refractivity contribution in [2.45, 2.75) is 71.4 Å². The molecule has 1 amide bonds. The zero-order valence-corrected chi connectivity index (χ0v) is 18.8. The Labute approximate surface area is 176 Å². The molecule has 1 saturated heterocycles. The molecule has 1 aromatic carbocycles. The van der Waals surface area contributed by atoms with Crippen molar-refractivity contribution in [2.24, 2.45) is 0 Å².